The van der Waals surface area contributed by atoms with Crippen molar-refractivity contribution in [2.45, 2.75) is 19.9 Å². The average Bonchev–Trinajstić information content (AvgIpc) is 2.70. The molecule has 5 nitrogen and oxygen atoms in total. The van der Waals surface area contributed by atoms with Crippen molar-refractivity contribution in [3.05, 3.63) is 18.7 Å². The zero-order valence-electron chi connectivity index (χ0n) is 9.07. The molecule has 0 aliphatic heterocycles. The van der Waals surface area contributed by atoms with Gasteiger partial charge in [0.15, 0.2) is 0 Å². The second-order valence-corrected chi connectivity index (χ2v) is 3.28. The molecule has 1 aromatic heterocycles. The maximum absolute atomic E-state index is 11.0. The summed E-state index contributed by atoms with van der Waals surface area (Å²) in [6.45, 7) is 4.78. The second kappa shape index (κ2) is 7.00. The van der Waals surface area contributed by atoms with Crippen LogP contribution < -0.4 is 10.6 Å². The number of hydrogen-bond acceptors (Lipinski definition) is 3. The Morgan fingerprint density at radius 3 is 3.07 bits per heavy atom. The van der Waals surface area contributed by atoms with E-state index in [0.29, 0.717) is 13.1 Å². The molecule has 0 radical (unpaired) electrons. The maximum atomic E-state index is 11.0. The van der Waals surface area contributed by atoms with Gasteiger partial charge in [0, 0.05) is 25.5 Å². The van der Waals surface area contributed by atoms with Gasteiger partial charge in [-0.2, -0.15) is 0 Å². The van der Waals surface area contributed by atoms with E-state index < -0.39 is 0 Å². The van der Waals surface area contributed by atoms with E-state index in [1.807, 2.05) is 17.7 Å². The van der Waals surface area contributed by atoms with Crippen molar-refractivity contribution in [3.8, 4) is 0 Å². The van der Waals surface area contributed by atoms with Crippen LogP contribution in [0.3, 0.4) is 0 Å². The monoisotopic (exact) mass is 210 g/mol. The van der Waals surface area contributed by atoms with Gasteiger partial charge < -0.3 is 15.2 Å². The summed E-state index contributed by atoms with van der Waals surface area (Å²) in [5, 5.41) is 5.82. The maximum Gasteiger partial charge on any atom is 0.233 e. The van der Waals surface area contributed by atoms with Gasteiger partial charge >= 0.3 is 0 Å². The first-order valence-corrected chi connectivity index (χ1v) is 5.26. The average molecular weight is 210 g/mol. The molecule has 1 amide bonds. The normalized spacial score (nSPS) is 10.2. The van der Waals surface area contributed by atoms with E-state index in [4.69, 9.17) is 0 Å². The standard InChI is InChI=1S/C10H18N4O/c1-2-13-10(15)8-11-4-3-6-14-7-5-12-9-14/h5,7,9,11H,2-4,6,8H2,1H3,(H,13,15). The fraction of sp³-hybridized carbons (Fsp3) is 0.600. The molecule has 0 aromatic carbocycles. The lowest BCUT2D eigenvalue weighted by Gasteiger charge is -2.05. The van der Waals surface area contributed by atoms with Gasteiger partial charge in [0.25, 0.3) is 0 Å². The molecule has 0 saturated carbocycles. The molecule has 0 spiro atoms. The summed E-state index contributed by atoms with van der Waals surface area (Å²) in [7, 11) is 0. The lowest BCUT2D eigenvalue weighted by Crippen LogP contribution is -2.34. The first kappa shape index (κ1) is 11.7. The van der Waals surface area contributed by atoms with Crippen LogP contribution in [0, 0.1) is 0 Å². The van der Waals surface area contributed by atoms with Crippen molar-refractivity contribution in [2.24, 2.45) is 0 Å². The molecule has 0 aliphatic rings. The molecule has 1 aromatic rings. The summed E-state index contributed by atoms with van der Waals surface area (Å²) in [6.07, 6.45) is 6.49. The molecule has 15 heavy (non-hydrogen) atoms. The van der Waals surface area contributed by atoms with Crippen LogP contribution in [-0.4, -0.2) is 35.1 Å². The summed E-state index contributed by atoms with van der Waals surface area (Å²) >= 11 is 0. The Bertz CT molecular complexity index is 271. The van der Waals surface area contributed by atoms with Crippen molar-refractivity contribution in [1.82, 2.24) is 20.2 Å². The third-order valence-corrected chi connectivity index (χ3v) is 1.99. The molecule has 0 aliphatic carbocycles. The van der Waals surface area contributed by atoms with Crippen LogP contribution in [0.1, 0.15) is 13.3 Å². The van der Waals surface area contributed by atoms with E-state index in [1.165, 1.54) is 0 Å². The van der Waals surface area contributed by atoms with Gasteiger partial charge in [0.1, 0.15) is 0 Å². The molecule has 1 rings (SSSR count). The molecule has 0 saturated heterocycles. The molecule has 0 fully saturated rings. The van der Waals surface area contributed by atoms with E-state index in [-0.39, 0.29) is 5.91 Å². The van der Waals surface area contributed by atoms with Gasteiger partial charge in [-0.15, -0.1) is 0 Å². The number of aromatic nitrogens is 2. The number of aryl methyl sites for hydroxylation is 1. The summed E-state index contributed by atoms with van der Waals surface area (Å²) < 4.78 is 2.02. The Balaban J connectivity index is 1.95. The predicted molar refractivity (Wildman–Crippen MR) is 58.4 cm³/mol. The smallest absolute Gasteiger partial charge is 0.233 e. The van der Waals surface area contributed by atoms with Crippen LogP contribution in [0.5, 0.6) is 0 Å². The first-order valence-electron chi connectivity index (χ1n) is 5.26. The fourth-order valence-electron chi connectivity index (χ4n) is 1.27. The van der Waals surface area contributed by atoms with Crippen molar-refractivity contribution in [1.29, 1.82) is 0 Å². The zero-order chi connectivity index (χ0) is 10.9. The predicted octanol–water partition coefficient (Wildman–Crippen LogP) is -0.00110. The van der Waals surface area contributed by atoms with Gasteiger partial charge in [0.2, 0.25) is 5.91 Å². The van der Waals surface area contributed by atoms with Gasteiger partial charge in [-0.1, -0.05) is 0 Å². The zero-order valence-corrected chi connectivity index (χ0v) is 9.07. The molecule has 1 heterocycles. The summed E-state index contributed by atoms with van der Waals surface area (Å²) in [5.74, 6) is 0.0557. The first-order chi connectivity index (χ1) is 7.33. The van der Waals surface area contributed by atoms with Crippen molar-refractivity contribution >= 4 is 5.91 Å². The summed E-state index contributed by atoms with van der Waals surface area (Å²) in [5.41, 5.74) is 0. The minimum atomic E-state index is 0.0557. The largest absolute Gasteiger partial charge is 0.355 e. The van der Waals surface area contributed by atoms with E-state index in [9.17, 15) is 4.79 Å². The van der Waals surface area contributed by atoms with E-state index >= 15 is 0 Å². The second-order valence-electron chi connectivity index (χ2n) is 3.28. The lowest BCUT2D eigenvalue weighted by atomic mass is 10.4. The molecule has 0 bridgehead atoms. The molecular formula is C10H18N4O. The SMILES string of the molecule is CCNC(=O)CNCCCn1ccnc1. The van der Waals surface area contributed by atoms with Gasteiger partial charge in [-0.25, -0.2) is 4.98 Å². The Kier molecular flexibility index (Phi) is 5.47. The molecule has 2 N–H and O–H groups in total. The van der Waals surface area contributed by atoms with Gasteiger partial charge in [-0.05, 0) is 19.9 Å². The third-order valence-electron chi connectivity index (χ3n) is 1.99. The van der Waals surface area contributed by atoms with Crippen molar-refractivity contribution in [2.75, 3.05) is 19.6 Å². The van der Waals surface area contributed by atoms with E-state index in [0.717, 1.165) is 19.5 Å². The summed E-state index contributed by atoms with van der Waals surface area (Å²) in [6, 6.07) is 0. The molecule has 0 atom stereocenters. The van der Waals surface area contributed by atoms with Crippen LogP contribution in [-0.2, 0) is 11.3 Å². The highest BCUT2D eigenvalue weighted by atomic mass is 16.1. The van der Waals surface area contributed by atoms with Crippen molar-refractivity contribution in [3.63, 3.8) is 0 Å². The minimum absolute atomic E-state index is 0.0557. The number of carbonyl (C=O) groups excluding carboxylic acids is 1. The Morgan fingerprint density at radius 2 is 2.40 bits per heavy atom. The van der Waals surface area contributed by atoms with Crippen LogP contribution in [0.4, 0.5) is 0 Å². The lowest BCUT2D eigenvalue weighted by molar-refractivity contribution is -0.120. The number of carbonyl (C=O) groups is 1. The Hall–Kier alpha value is -1.36. The Morgan fingerprint density at radius 1 is 1.53 bits per heavy atom. The highest BCUT2D eigenvalue weighted by Crippen LogP contribution is 1.88. The van der Waals surface area contributed by atoms with E-state index in [1.54, 1.807) is 12.5 Å². The van der Waals surface area contributed by atoms with Gasteiger partial charge in [0.05, 0.1) is 12.9 Å². The number of imidazole rings is 1. The molecule has 0 unspecified atom stereocenters. The highest BCUT2D eigenvalue weighted by molar-refractivity contribution is 5.77. The van der Waals surface area contributed by atoms with Crippen LogP contribution in [0.15, 0.2) is 18.7 Å². The van der Waals surface area contributed by atoms with Crippen LogP contribution in [0.25, 0.3) is 0 Å². The number of nitrogens with zero attached hydrogens (tertiary/aromatic N) is 2. The van der Waals surface area contributed by atoms with Gasteiger partial charge in [-0.3, -0.25) is 4.79 Å². The molecule has 5 heteroatoms. The minimum Gasteiger partial charge on any atom is -0.355 e. The number of nitrogens with one attached hydrogen (secondary N) is 2. The molecular weight excluding hydrogens is 192 g/mol. The van der Waals surface area contributed by atoms with E-state index in [2.05, 4.69) is 15.6 Å². The third kappa shape index (κ3) is 5.17. The van der Waals surface area contributed by atoms with Crippen LogP contribution >= 0.6 is 0 Å². The molecule has 84 valence electrons. The summed E-state index contributed by atoms with van der Waals surface area (Å²) in [4.78, 5) is 15.0. The number of rotatable bonds is 7. The number of hydrogen-bond donors (Lipinski definition) is 2. The topological polar surface area (TPSA) is 59.0 Å². The van der Waals surface area contributed by atoms with Crippen LogP contribution in [0.2, 0.25) is 0 Å². The Labute approximate surface area is 89.9 Å². The van der Waals surface area contributed by atoms with Crippen molar-refractivity contribution < 1.29 is 4.79 Å². The highest BCUT2D eigenvalue weighted by Gasteiger charge is 1.97. The number of amides is 1. The quantitative estimate of drug-likeness (QED) is 0.623. The number of likely N-dealkylation sites (N-methyl/N-ethyl adjacent to an activating group) is 1. The fourth-order valence-corrected chi connectivity index (χ4v) is 1.27.